The second-order valence-corrected chi connectivity index (χ2v) is 5.16. The molecule has 0 aliphatic carbocycles. The standard InChI is InChI=1S/C15H24N2O5/c1-15(19,10-20-2)9-17-14(18)16-8-11-5-6-12(21-3)13(7-11)22-4/h5-7,19H,8-10H2,1-4H3,(H2,16,17,18). The molecule has 0 saturated carbocycles. The third-order valence-corrected chi connectivity index (χ3v) is 2.99. The quantitative estimate of drug-likeness (QED) is 0.664. The molecule has 0 aliphatic rings. The van der Waals surface area contributed by atoms with E-state index in [2.05, 4.69) is 10.6 Å². The van der Waals surface area contributed by atoms with E-state index in [1.807, 2.05) is 6.07 Å². The van der Waals surface area contributed by atoms with Crippen molar-refractivity contribution in [3.05, 3.63) is 23.8 Å². The van der Waals surface area contributed by atoms with Gasteiger partial charge in [0.2, 0.25) is 0 Å². The summed E-state index contributed by atoms with van der Waals surface area (Å²) < 4.78 is 15.2. The second kappa shape index (κ2) is 8.45. The summed E-state index contributed by atoms with van der Waals surface area (Å²) in [5.41, 5.74) is -0.230. The average Bonchev–Trinajstić information content (AvgIpc) is 2.50. The van der Waals surface area contributed by atoms with Gasteiger partial charge in [-0.15, -0.1) is 0 Å². The number of methoxy groups -OCH3 is 3. The van der Waals surface area contributed by atoms with E-state index in [1.54, 1.807) is 33.3 Å². The third kappa shape index (κ3) is 5.79. The van der Waals surface area contributed by atoms with Crippen LogP contribution < -0.4 is 20.1 Å². The topological polar surface area (TPSA) is 89.1 Å². The molecule has 0 bridgehead atoms. The number of ether oxygens (including phenoxy) is 3. The molecule has 0 heterocycles. The molecule has 22 heavy (non-hydrogen) atoms. The summed E-state index contributed by atoms with van der Waals surface area (Å²) in [4.78, 5) is 11.7. The van der Waals surface area contributed by atoms with Crippen molar-refractivity contribution in [3.63, 3.8) is 0 Å². The number of aliphatic hydroxyl groups is 1. The van der Waals surface area contributed by atoms with E-state index in [1.165, 1.54) is 7.11 Å². The molecule has 0 radical (unpaired) electrons. The van der Waals surface area contributed by atoms with Crippen LogP contribution in [0.1, 0.15) is 12.5 Å². The lowest BCUT2D eigenvalue weighted by Crippen LogP contribution is -2.46. The number of carbonyl (C=O) groups is 1. The van der Waals surface area contributed by atoms with Gasteiger partial charge < -0.3 is 30.0 Å². The lowest BCUT2D eigenvalue weighted by atomic mass is 10.1. The van der Waals surface area contributed by atoms with E-state index in [9.17, 15) is 9.90 Å². The zero-order valence-corrected chi connectivity index (χ0v) is 13.4. The number of nitrogens with one attached hydrogen (secondary N) is 2. The highest BCUT2D eigenvalue weighted by Gasteiger charge is 2.20. The van der Waals surface area contributed by atoms with E-state index in [0.717, 1.165) is 5.56 Å². The van der Waals surface area contributed by atoms with Crippen LogP contribution in [0.3, 0.4) is 0 Å². The van der Waals surface area contributed by atoms with Crippen LogP contribution >= 0.6 is 0 Å². The molecule has 0 saturated heterocycles. The number of hydrogen-bond acceptors (Lipinski definition) is 5. The third-order valence-electron chi connectivity index (χ3n) is 2.99. The van der Waals surface area contributed by atoms with E-state index in [4.69, 9.17) is 14.2 Å². The normalized spacial score (nSPS) is 13.1. The van der Waals surface area contributed by atoms with Crippen molar-refractivity contribution in [3.8, 4) is 11.5 Å². The maximum atomic E-state index is 11.7. The van der Waals surface area contributed by atoms with Gasteiger partial charge in [0.05, 0.1) is 27.4 Å². The summed E-state index contributed by atoms with van der Waals surface area (Å²) in [5.74, 6) is 1.23. The number of urea groups is 1. The van der Waals surface area contributed by atoms with Gasteiger partial charge in [0, 0.05) is 13.7 Å². The fourth-order valence-electron chi connectivity index (χ4n) is 1.87. The second-order valence-electron chi connectivity index (χ2n) is 5.16. The van der Waals surface area contributed by atoms with Crippen molar-refractivity contribution in [2.24, 2.45) is 0 Å². The summed E-state index contributed by atoms with van der Waals surface area (Å²) in [6.07, 6.45) is 0. The molecular weight excluding hydrogens is 288 g/mol. The largest absolute Gasteiger partial charge is 0.493 e. The van der Waals surface area contributed by atoms with E-state index in [-0.39, 0.29) is 19.2 Å². The molecule has 7 nitrogen and oxygen atoms in total. The minimum absolute atomic E-state index is 0.0958. The van der Waals surface area contributed by atoms with Crippen molar-refractivity contribution in [2.75, 3.05) is 34.5 Å². The van der Waals surface area contributed by atoms with Gasteiger partial charge in [-0.2, -0.15) is 0 Å². The van der Waals surface area contributed by atoms with Crippen molar-refractivity contribution < 1.29 is 24.1 Å². The van der Waals surface area contributed by atoms with Crippen molar-refractivity contribution in [1.29, 1.82) is 0 Å². The zero-order chi connectivity index (χ0) is 16.6. The lowest BCUT2D eigenvalue weighted by molar-refractivity contribution is -0.0136. The van der Waals surface area contributed by atoms with Gasteiger partial charge in [-0.3, -0.25) is 0 Å². The van der Waals surface area contributed by atoms with Crippen molar-refractivity contribution >= 4 is 6.03 Å². The maximum Gasteiger partial charge on any atom is 0.315 e. The van der Waals surface area contributed by atoms with E-state index < -0.39 is 5.60 Å². The highest BCUT2D eigenvalue weighted by atomic mass is 16.5. The van der Waals surface area contributed by atoms with Crippen LogP contribution in [0.15, 0.2) is 18.2 Å². The molecule has 1 aromatic rings. The van der Waals surface area contributed by atoms with Crippen LogP contribution in [-0.2, 0) is 11.3 Å². The number of amides is 2. The highest BCUT2D eigenvalue weighted by molar-refractivity contribution is 5.73. The Morgan fingerprint density at radius 2 is 1.86 bits per heavy atom. The predicted molar refractivity (Wildman–Crippen MR) is 82.3 cm³/mol. The van der Waals surface area contributed by atoms with Gasteiger partial charge in [0.1, 0.15) is 5.60 Å². The maximum absolute atomic E-state index is 11.7. The van der Waals surface area contributed by atoms with E-state index in [0.29, 0.717) is 18.0 Å². The zero-order valence-electron chi connectivity index (χ0n) is 13.4. The first kappa shape index (κ1) is 18.1. The Labute approximate surface area is 130 Å². The Bertz CT molecular complexity index is 491. The average molecular weight is 312 g/mol. The van der Waals surface area contributed by atoms with Crippen molar-refractivity contribution in [2.45, 2.75) is 19.1 Å². The number of benzene rings is 1. The number of rotatable bonds is 8. The first-order valence-corrected chi connectivity index (χ1v) is 6.86. The van der Waals surface area contributed by atoms with E-state index >= 15 is 0 Å². The molecule has 2 amide bonds. The first-order valence-electron chi connectivity index (χ1n) is 6.86. The SMILES string of the molecule is COCC(C)(O)CNC(=O)NCc1ccc(OC)c(OC)c1. The Balaban J connectivity index is 2.47. The molecule has 0 spiro atoms. The summed E-state index contributed by atoms with van der Waals surface area (Å²) in [6.45, 7) is 2.16. The summed E-state index contributed by atoms with van der Waals surface area (Å²) >= 11 is 0. The van der Waals surface area contributed by atoms with Crippen LogP contribution in [0, 0.1) is 0 Å². The lowest BCUT2D eigenvalue weighted by Gasteiger charge is -2.22. The van der Waals surface area contributed by atoms with Crippen LogP contribution in [-0.4, -0.2) is 51.2 Å². The molecule has 0 fully saturated rings. The summed E-state index contributed by atoms with van der Waals surface area (Å²) in [5, 5.41) is 15.2. The van der Waals surface area contributed by atoms with Gasteiger partial charge >= 0.3 is 6.03 Å². The highest BCUT2D eigenvalue weighted by Crippen LogP contribution is 2.27. The first-order chi connectivity index (χ1) is 10.4. The van der Waals surface area contributed by atoms with Crippen LogP contribution in [0.5, 0.6) is 11.5 Å². The smallest absolute Gasteiger partial charge is 0.315 e. The predicted octanol–water partition coefficient (Wildman–Crippen LogP) is 0.900. The Morgan fingerprint density at radius 3 is 2.45 bits per heavy atom. The van der Waals surface area contributed by atoms with Crippen LogP contribution in [0.4, 0.5) is 4.79 Å². The minimum Gasteiger partial charge on any atom is -0.493 e. The molecule has 1 aromatic carbocycles. The Kier molecular flexibility index (Phi) is 6.94. The number of hydrogen-bond donors (Lipinski definition) is 3. The summed E-state index contributed by atoms with van der Waals surface area (Å²) in [7, 11) is 4.61. The Hall–Kier alpha value is -1.99. The summed E-state index contributed by atoms with van der Waals surface area (Å²) in [6, 6.07) is 5.03. The van der Waals surface area contributed by atoms with Gasteiger partial charge in [-0.1, -0.05) is 6.07 Å². The molecular formula is C15H24N2O5. The van der Waals surface area contributed by atoms with Gasteiger partial charge in [-0.25, -0.2) is 4.79 Å². The molecule has 0 aromatic heterocycles. The molecule has 1 unspecified atom stereocenters. The van der Waals surface area contributed by atoms with Crippen LogP contribution in [0.2, 0.25) is 0 Å². The monoisotopic (exact) mass is 312 g/mol. The molecule has 124 valence electrons. The Morgan fingerprint density at radius 1 is 1.18 bits per heavy atom. The molecule has 1 rings (SSSR count). The molecule has 1 atom stereocenters. The molecule has 7 heteroatoms. The fourth-order valence-corrected chi connectivity index (χ4v) is 1.87. The minimum atomic E-state index is -1.10. The van der Waals surface area contributed by atoms with Crippen molar-refractivity contribution in [1.82, 2.24) is 10.6 Å². The van der Waals surface area contributed by atoms with Gasteiger partial charge in [0.25, 0.3) is 0 Å². The van der Waals surface area contributed by atoms with Crippen LogP contribution in [0.25, 0.3) is 0 Å². The van der Waals surface area contributed by atoms with Gasteiger partial charge in [-0.05, 0) is 24.6 Å². The fraction of sp³-hybridized carbons (Fsp3) is 0.533. The molecule has 3 N–H and O–H groups in total. The number of carbonyl (C=O) groups excluding carboxylic acids is 1. The van der Waals surface area contributed by atoms with Gasteiger partial charge in [0.15, 0.2) is 11.5 Å². The molecule has 0 aliphatic heterocycles.